The number of benzene rings is 2. The number of hydrogen-bond acceptors (Lipinski definition) is 5. The molecular weight excluding hydrogens is 392 g/mol. The van der Waals surface area contributed by atoms with Crippen LogP contribution in [0.2, 0.25) is 0 Å². The molecule has 2 aromatic rings. The van der Waals surface area contributed by atoms with Crippen molar-refractivity contribution in [2.24, 2.45) is 0 Å². The monoisotopic (exact) mass is 424 g/mol. The lowest BCUT2D eigenvalue weighted by molar-refractivity contribution is -0.134. The summed E-state index contributed by atoms with van der Waals surface area (Å²) < 4.78 is 5.16. The van der Waals surface area contributed by atoms with E-state index in [9.17, 15) is 9.59 Å². The molecule has 0 atom stereocenters. The number of nitrogens with zero attached hydrogens (tertiary/aromatic N) is 3. The Kier molecular flexibility index (Phi) is 7.52. The van der Waals surface area contributed by atoms with Crippen LogP contribution in [0.3, 0.4) is 0 Å². The van der Waals surface area contributed by atoms with Crippen LogP contribution in [0, 0.1) is 13.8 Å². The molecule has 0 bridgehead atoms. The van der Waals surface area contributed by atoms with Crippen LogP contribution in [0.25, 0.3) is 0 Å². The third-order valence-electron chi connectivity index (χ3n) is 5.81. The molecule has 0 unspecified atom stereocenters. The molecule has 0 radical (unpaired) electrons. The molecule has 1 aliphatic rings. The van der Waals surface area contributed by atoms with Crippen molar-refractivity contribution in [1.82, 2.24) is 9.80 Å². The molecule has 7 heteroatoms. The zero-order valence-electron chi connectivity index (χ0n) is 18.9. The van der Waals surface area contributed by atoms with E-state index in [0.717, 1.165) is 26.2 Å². The van der Waals surface area contributed by atoms with Crippen LogP contribution >= 0.6 is 0 Å². The van der Waals surface area contributed by atoms with E-state index in [0.29, 0.717) is 18.0 Å². The van der Waals surface area contributed by atoms with E-state index in [1.165, 1.54) is 21.7 Å². The van der Waals surface area contributed by atoms with E-state index in [4.69, 9.17) is 4.74 Å². The van der Waals surface area contributed by atoms with Gasteiger partial charge in [-0.1, -0.05) is 18.2 Å². The van der Waals surface area contributed by atoms with Crippen LogP contribution < -0.4 is 15.0 Å². The smallest absolute Gasteiger partial charge is 0.243 e. The van der Waals surface area contributed by atoms with Crippen molar-refractivity contribution >= 4 is 23.2 Å². The Bertz CT molecular complexity index is 923. The van der Waals surface area contributed by atoms with Crippen LogP contribution in [0.4, 0.5) is 11.4 Å². The number of nitrogens with one attached hydrogen (secondary N) is 1. The molecule has 3 rings (SSSR count). The molecule has 1 heterocycles. The second-order valence-corrected chi connectivity index (χ2v) is 8.01. The Labute approximate surface area is 184 Å². The minimum atomic E-state index is -0.233. The summed E-state index contributed by atoms with van der Waals surface area (Å²) >= 11 is 0. The molecule has 0 saturated carbocycles. The molecule has 2 aromatic carbocycles. The quantitative estimate of drug-likeness (QED) is 0.740. The molecule has 0 aliphatic carbocycles. The first-order valence-electron chi connectivity index (χ1n) is 10.6. The first-order chi connectivity index (χ1) is 14.9. The second-order valence-electron chi connectivity index (χ2n) is 8.01. The van der Waals surface area contributed by atoms with E-state index in [1.54, 1.807) is 32.4 Å². The van der Waals surface area contributed by atoms with Gasteiger partial charge in [-0.25, -0.2) is 0 Å². The van der Waals surface area contributed by atoms with Gasteiger partial charge in [0.15, 0.2) is 0 Å². The maximum Gasteiger partial charge on any atom is 0.243 e. The molecule has 7 nitrogen and oxygen atoms in total. The number of hydrogen-bond donors (Lipinski definition) is 1. The Hall–Kier alpha value is -3.06. The van der Waals surface area contributed by atoms with Gasteiger partial charge < -0.3 is 19.9 Å². The Morgan fingerprint density at radius 1 is 1.06 bits per heavy atom. The van der Waals surface area contributed by atoms with Gasteiger partial charge in [0.1, 0.15) is 5.75 Å². The summed E-state index contributed by atoms with van der Waals surface area (Å²) in [6.07, 6.45) is 0. The van der Waals surface area contributed by atoms with Gasteiger partial charge in [0.25, 0.3) is 0 Å². The predicted octanol–water partition coefficient (Wildman–Crippen LogP) is 2.53. The van der Waals surface area contributed by atoms with Crippen LogP contribution in [-0.2, 0) is 9.59 Å². The number of likely N-dealkylation sites (N-methyl/N-ethyl adjacent to an activating group) is 1. The number of carbonyl (C=O) groups excluding carboxylic acids is 2. The fraction of sp³-hybridized carbons (Fsp3) is 0.417. The number of rotatable bonds is 7. The van der Waals surface area contributed by atoms with Gasteiger partial charge in [-0.3, -0.25) is 14.5 Å². The fourth-order valence-electron chi connectivity index (χ4n) is 3.74. The molecule has 0 spiro atoms. The molecule has 2 amide bonds. The molecule has 0 aromatic heterocycles. The number of piperazine rings is 1. The van der Waals surface area contributed by atoms with Gasteiger partial charge in [0.2, 0.25) is 11.8 Å². The molecule has 1 N–H and O–H groups in total. The van der Waals surface area contributed by atoms with Crippen molar-refractivity contribution < 1.29 is 14.3 Å². The van der Waals surface area contributed by atoms with Gasteiger partial charge >= 0.3 is 0 Å². The normalized spacial score (nSPS) is 14.3. The summed E-state index contributed by atoms with van der Waals surface area (Å²) in [5, 5.41) is 2.81. The maximum absolute atomic E-state index is 12.6. The van der Waals surface area contributed by atoms with E-state index in [-0.39, 0.29) is 18.4 Å². The second kappa shape index (κ2) is 10.3. The number of ether oxygens (including phenoxy) is 1. The molecule has 1 aliphatic heterocycles. The number of amides is 2. The van der Waals surface area contributed by atoms with Crippen molar-refractivity contribution in [2.45, 2.75) is 13.8 Å². The highest BCUT2D eigenvalue weighted by atomic mass is 16.5. The lowest BCUT2D eigenvalue weighted by Gasteiger charge is -2.37. The summed E-state index contributed by atoms with van der Waals surface area (Å²) in [6.45, 7) is 8.05. The first kappa shape index (κ1) is 22.6. The molecular formula is C24H32N4O3. The first-order valence-corrected chi connectivity index (χ1v) is 10.6. The van der Waals surface area contributed by atoms with E-state index in [1.807, 2.05) is 6.07 Å². The fourth-order valence-corrected chi connectivity index (χ4v) is 3.74. The third kappa shape index (κ3) is 5.98. The summed E-state index contributed by atoms with van der Waals surface area (Å²) in [6, 6.07) is 13.5. The van der Waals surface area contributed by atoms with Gasteiger partial charge in [0, 0.05) is 50.7 Å². The van der Waals surface area contributed by atoms with Crippen molar-refractivity contribution in [1.29, 1.82) is 0 Å². The van der Waals surface area contributed by atoms with Gasteiger partial charge in [-0.2, -0.15) is 0 Å². The van der Waals surface area contributed by atoms with Gasteiger partial charge in [-0.15, -0.1) is 0 Å². The van der Waals surface area contributed by atoms with Crippen molar-refractivity contribution in [3.63, 3.8) is 0 Å². The maximum atomic E-state index is 12.6. The highest BCUT2D eigenvalue weighted by Gasteiger charge is 2.22. The molecule has 166 valence electrons. The van der Waals surface area contributed by atoms with Gasteiger partial charge in [0.05, 0.1) is 20.2 Å². The minimum Gasteiger partial charge on any atom is -0.497 e. The summed E-state index contributed by atoms with van der Waals surface area (Å²) in [5.74, 6) is 0.382. The van der Waals surface area contributed by atoms with Crippen LogP contribution in [-0.4, -0.2) is 75.0 Å². The highest BCUT2D eigenvalue weighted by Crippen LogP contribution is 2.23. The standard InChI is InChI=1S/C24H32N4O3/c1-18-7-5-10-22(19(18)2)28-13-11-27(12-14-28)17-24(30)26(3)16-23(29)25-20-8-6-9-21(15-20)31-4/h5-10,15H,11-14,16-17H2,1-4H3,(H,25,29). The molecule has 31 heavy (non-hydrogen) atoms. The predicted molar refractivity (Wildman–Crippen MR) is 124 cm³/mol. The summed E-state index contributed by atoms with van der Waals surface area (Å²) in [4.78, 5) is 30.9. The zero-order chi connectivity index (χ0) is 22.4. The molecule has 1 fully saturated rings. The Morgan fingerprint density at radius 3 is 2.48 bits per heavy atom. The Morgan fingerprint density at radius 2 is 1.77 bits per heavy atom. The summed E-state index contributed by atoms with van der Waals surface area (Å²) in [7, 11) is 3.25. The van der Waals surface area contributed by atoms with E-state index < -0.39 is 0 Å². The average Bonchev–Trinajstić information content (AvgIpc) is 2.76. The van der Waals surface area contributed by atoms with Crippen LogP contribution in [0.1, 0.15) is 11.1 Å². The number of aryl methyl sites for hydroxylation is 1. The van der Waals surface area contributed by atoms with E-state index >= 15 is 0 Å². The van der Waals surface area contributed by atoms with Gasteiger partial charge in [-0.05, 0) is 43.2 Å². The van der Waals surface area contributed by atoms with E-state index in [2.05, 4.69) is 47.2 Å². The zero-order valence-corrected chi connectivity index (χ0v) is 18.9. The number of carbonyl (C=O) groups is 2. The lowest BCUT2D eigenvalue weighted by Crippen LogP contribution is -2.50. The Balaban J connectivity index is 1.45. The van der Waals surface area contributed by atoms with Crippen LogP contribution in [0.15, 0.2) is 42.5 Å². The van der Waals surface area contributed by atoms with Crippen molar-refractivity contribution in [2.75, 3.05) is 63.6 Å². The SMILES string of the molecule is COc1cccc(NC(=O)CN(C)C(=O)CN2CCN(c3cccc(C)c3C)CC2)c1. The van der Waals surface area contributed by atoms with Crippen LogP contribution in [0.5, 0.6) is 5.75 Å². The third-order valence-corrected chi connectivity index (χ3v) is 5.81. The average molecular weight is 425 g/mol. The largest absolute Gasteiger partial charge is 0.497 e. The van der Waals surface area contributed by atoms with Crippen molar-refractivity contribution in [3.05, 3.63) is 53.6 Å². The number of methoxy groups -OCH3 is 1. The summed E-state index contributed by atoms with van der Waals surface area (Å²) in [5.41, 5.74) is 4.53. The minimum absolute atomic E-state index is 0.0124. The van der Waals surface area contributed by atoms with Crippen molar-refractivity contribution in [3.8, 4) is 5.75 Å². The highest BCUT2D eigenvalue weighted by molar-refractivity contribution is 5.94. The molecule has 1 saturated heterocycles. The topological polar surface area (TPSA) is 65.1 Å². The number of anilines is 2. The lowest BCUT2D eigenvalue weighted by atomic mass is 10.1.